The van der Waals surface area contributed by atoms with Gasteiger partial charge in [-0.3, -0.25) is 15.5 Å². The SMILES string of the molecule is N=C(C(=O)O)c1cc([N+](=O)[O-])ccc1[NH-].[Ir]. The molecule has 0 saturated heterocycles. The van der Waals surface area contributed by atoms with Crippen molar-refractivity contribution in [2.45, 2.75) is 0 Å². The second kappa shape index (κ2) is 5.34. The van der Waals surface area contributed by atoms with Crippen LogP contribution < -0.4 is 0 Å². The smallest absolute Gasteiger partial charge is 0.354 e. The summed E-state index contributed by atoms with van der Waals surface area (Å²) in [5, 5.41) is 26.0. The van der Waals surface area contributed by atoms with E-state index in [1.807, 2.05) is 0 Å². The molecule has 3 N–H and O–H groups in total. The molecule has 1 aromatic carbocycles. The Balaban J connectivity index is 0.00000225. The molecule has 1 radical (unpaired) electrons. The average Bonchev–Trinajstić information content (AvgIpc) is 2.16. The summed E-state index contributed by atoms with van der Waals surface area (Å²) >= 11 is 0. The summed E-state index contributed by atoms with van der Waals surface area (Å²) < 4.78 is 0. The van der Waals surface area contributed by atoms with Crippen LogP contribution in [0.4, 0.5) is 11.4 Å². The number of aliphatic carboxylic acids is 1. The van der Waals surface area contributed by atoms with Gasteiger partial charge >= 0.3 is 5.97 Å². The minimum Gasteiger partial charge on any atom is -0.698 e. The Labute approximate surface area is 103 Å². The number of benzene rings is 1. The largest absolute Gasteiger partial charge is 0.698 e. The van der Waals surface area contributed by atoms with E-state index >= 15 is 0 Å². The van der Waals surface area contributed by atoms with Gasteiger partial charge in [-0.1, -0.05) is 6.07 Å². The van der Waals surface area contributed by atoms with Crippen LogP contribution in [0.15, 0.2) is 18.2 Å². The molecule has 0 atom stereocenters. The van der Waals surface area contributed by atoms with E-state index in [1.165, 1.54) is 0 Å². The summed E-state index contributed by atoms with van der Waals surface area (Å²) in [7, 11) is 0. The molecule has 87 valence electrons. The topological polar surface area (TPSA) is 128 Å². The van der Waals surface area contributed by atoms with E-state index in [1.54, 1.807) is 0 Å². The van der Waals surface area contributed by atoms with Gasteiger partial charge < -0.3 is 10.8 Å². The van der Waals surface area contributed by atoms with Crippen molar-refractivity contribution < 1.29 is 34.9 Å². The summed E-state index contributed by atoms with van der Waals surface area (Å²) in [6.45, 7) is 0. The van der Waals surface area contributed by atoms with Gasteiger partial charge in [-0.25, -0.2) is 4.79 Å². The molecule has 8 heteroatoms. The van der Waals surface area contributed by atoms with Crippen molar-refractivity contribution in [3.8, 4) is 0 Å². The quantitative estimate of drug-likeness (QED) is 0.455. The molecule has 1 aromatic rings. The molecule has 0 aliphatic rings. The molecule has 0 bridgehead atoms. The van der Waals surface area contributed by atoms with E-state index in [0.717, 1.165) is 18.2 Å². The van der Waals surface area contributed by atoms with Crippen molar-refractivity contribution in [3.63, 3.8) is 0 Å². The molecule has 0 spiro atoms. The van der Waals surface area contributed by atoms with E-state index in [0.29, 0.717) is 0 Å². The van der Waals surface area contributed by atoms with Gasteiger partial charge in [0.15, 0.2) is 0 Å². The third-order valence-electron chi connectivity index (χ3n) is 1.70. The Morgan fingerprint density at radius 1 is 1.50 bits per heavy atom. The Kier molecular flexibility index (Phi) is 4.74. The molecule has 1 rings (SSSR count). The summed E-state index contributed by atoms with van der Waals surface area (Å²) in [6, 6.07) is 3.07. The number of rotatable bonds is 3. The fourth-order valence-electron chi connectivity index (χ4n) is 0.968. The predicted octanol–water partition coefficient (Wildman–Crippen LogP) is 1.73. The minimum absolute atomic E-state index is 0. The van der Waals surface area contributed by atoms with Gasteiger partial charge in [0.2, 0.25) is 0 Å². The third-order valence-corrected chi connectivity index (χ3v) is 1.70. The maximum absolute atomic E-state index is 10.5. The molecule has 0 aromatic heterocycles. The van der Waals surface area contributed by atoms with Gasteiger partial charge in [0, 0.05) is 32.2 Å². The van der Waals surface area contributed by atoms with E-state index in [4.69, 9.17) is 16.2 Å². The standard InChI is InChI=1S/C8H7N3O4.Ir/c9-6-2-1-4(11(14)15)3-5(6)7(10)8(12)13;/h1-3H,(H4,9,10,12,13);/p-1. The van der Waals surface area contributed by atoms with Crippen molar-refractivity contribution in [2.24, 2.45) is 0 Å². The fourth-order valence-corrected chi connectivity index (χ4v) is 0.968. The molecule has 16 heavy (non-hydrogen) atoms. The van der Waals surface area contributed by atoms with Gasteiger partial charge in [0.1, 0.15) is 5.71 Å². The van der Waals surface area contributed by atoms with Crippen LogP contribution in [0.3, 0.4) is 0 Å². The van der Waals surface area contributed by atoms with Gasteiger partial charge in [0.25, 0.3) is 5.69 Å². The zero-order valence-electron chi connectivity index (χ0n) is 7.68. The molecule has 7 nitrogen and oxygen atoms in total. The van der Waals surface area contributed by atoms with Crippen LogP contribution in [-0.2, 0) is 24.9 Å². The van der Waals surface area contributed by atoms with Crippen LogP contribution in [-0.4, -0.2) is 21.7 Å². The fraction of sp³-hybridized carbons (Fsp3) is 0. The predicted molar refractivity (Wildman–Crippen MR) is 51.5 cm³/mol. The molecule has 0 amide bonds. The van der Waals surface area contributed by atoms with Gasteiger partial charge in [0.05, 0.1) is 4.92 Å². The third kappa shape index (κ3) is 2.85. The zero-order valence-corrected chi connectivity index (χ0v) is 10.1. The van der Waals surface area contributed by atoms with Crippen LogP contribution in [0.2, 0.25) is 0 Å². The van der Waals surface area contributed by atoms with Crippen LogP contribution in [0, 0.1) is 15.5 Å². The number of nitrogens with zero attached hydrogens (tertiary/aromatic N) is 1. The Morgan fingerprint density at radius 3 is 2.50 bits per heavy atom. The first-order valence-corrected chi connectivity index (χ1v) is 3.75. The maximum atomic E-state index is 10.5. The van der Waals surface area contributed by atoms with E-state index in [-0.39, 0.29) is 37.0 Å². The molecule has 0 fully saturated rings. The summed E-state index contributed by atoms with van der Waals surface area (Å²) in [6.07, 6.45) is 0. The zero-order chi connectivity index (χ0) is 11.6. The summed E-state index contributed by atoms with van der Waals surface area (Å²) in [4.78, 5) is 20.1. The average molecular weight is 400 g/mol. The molecular formula is C8H6IrN3O4-. The van der Waals surface area contributed by atoms with Crippen molar-refractivity contribution in [2.75, 3.05) is 0 Å². The number of carbonyl (C=O) groups is 1. The number of nitro benzene ring substituents is 1. The second-order valence-corrected chi connectivity index (χ2v) is 2.67. The van der Waals surface area contributed by atoms with Crippen LogP contribution in [0.25, 0.3) is 5.73 Å². The van der Waals surface area contributed by atoms with E-state index < -0.39 is 16.6 Å². The Morgan fingerprint density at radius 2 is 2.06 bits per heavy atom. The van der Waals surface area contributed by atoms with Crippen molar-refractivity contribution >= 4 is 23.1 Å². The Bertz CT molecular complexity index is 461. The van der Waals surface area contributed by atoms with Gasteiger partial charge in [-0.15, -0.1) is 5.69 Å². The molecule has 0 unspecified atom stereocenters. The molecule has 0 aliphatic heterocycles. The first-order chi connectivity index (χ1) is 6.93. The summed E-state index contributed by atoms with van der Waals surface area (Å²) in [5.41, 5.74) is 5.64. The second-order valence-electron chi connectivity index (χ2n) is 2.67. The number of nitro groups is 1. The molecule has 0 saturated carbocycles. The first kappa shape index (κ1) is 14.2. The monoisotopic (exact) mass is 401 g/mol. The van der Waals surface area contributed by atoms with Crippen molar-refractivity contribution in [3.05, 3.63) is 39.6 Å². The Hall–Kier alpha value is -1.79. The molecule has 0 aliphatic carbocycles. The van der Waals surface area contributed by atoms with Crippen LogP contribution >= 0.6 is 0 Å². The number of non-ortho nitro benzene ring substituents is 1. The summed E-state index contributed by atoms with van der Waals surface area (Å²) in [5.74, 6) is -1.52. The van der Waals surface area contributed by atoms with E-state index in [9.17, 15) is 14.9 Å². The van der Waals surface area contributed by atoms with Gasteiger partial charge in [-0.2, -0.15) is 0 Å². The number of hydrogen-bond donors (Lipinski definition) is 2. The van der Waals surface area contributed by atoms with E-state index in [2.05, 4.69) is 0 Å². The minimum atomic E-state index is -1.52. The number of hydrogen-bond acceptors (Lipinski definition) is 4. The first-order valence-electron chi connectivity index (χ1n) is 3.75. The molecule has 0 heterocycles. The number of carboxylic acid groups (broad SMARTS) is 1. The van der Waals surface area contributed by atoms with Crippen molar-refractivity contribution in [1.29, 1.82) is 5.41 Å². The van der Waals surface area contributed by atoms with Gasteiger partial charge in [-0.05, 0) is 5.56 Å². The molecular weight excluding hydrogens is 394 g/mol. The number of carboxylic acids is 1. The van der Waals surface area contributed by atoms with Crippen molar-refractivity contribution in [1.82, 2.24) is 0 Å². The maximum Gasteiger partial charge on any atom is 0.354 e. The number of nitrogens with one attached hydrogen (secondary N) is 2. The van der Waals surface area contributed by atoms with Crippen LogP contribution in [0.5, 0.6) is 0 Å². The normalized spacial score (nSPS) is 9.00. The van der Waals surface area contributed by atoms with Crippen LogP contribution in [0.1, 0.15) is 5.56 Å².